The number of benzene rings is 4. The SMILES string of the molecule is COc1ccc(-c2ccccc2)cc1NN=C1c2cc(Cl)ccc2-c2ccc(Cl)cc21. The maximum absolute atomic E-state index is 6.29. The molecule has 4 aromatic rings. The maximum atomic E-state index is 6.29. The Kier molecular flexibility index (Phi) is 5.14. The fourth-order valence-electron chi connectivity index (χ4n) is 3.88. The molecule has 0 saturated heterocycles. The lowest BCUT2D eigenvalue weighted by Gasteiger charge is -2.11. The number of methoxy groups -OCH3 is 1. The van der Waals surface area contributed by atoms with Gasteiger partial charge in [0.25, 0.3) is 0 Å². The van der Waals surface area contributed by atoms with Gasteiger partial charge in [-0.05, 0) is 58.7 Å². The molecule has 0 unspecified atom stereocenters. The van der Waals surface area contributed by atoms with Crippen molar-refractivity contribution in [2.24, 2.45) is 5.10 Å². The molecule has 0 spiro atoms. The number of hydrogen-bond donors (Lipinski definition) is 1. The second-order valence-electron chi connectivity index (χ2n) is 7.23. The highest BCUT2D eigenvalue weighted by atomic mass is 35.5. The number of halogens is 2. The van der Waals surface area contributed by atoms with Crippen LogP contribution in [0, 0.1) is 0 Å². The molecule has 0 fully saturated rings. The molecule has 1 N–H and O–H groups in total. The van der Waals surface area contributed by atoms with Gasteiger partial charge in [0, 0.05) is 21.2 Å². The average Bonchev–Trinajstić information content (AvgIpc) is 3.09. The fraction of sp³-hybridized carbons (Fsp3) is 0.0385. The highest BCUT2D eigenvalue weighted by Gasteiger charge is 2.25. The third-order valence-corrected chi connectivity index (χ3v) is 5.83. The summed E-state index contributed by atoms with van der Waals surface area (Å²) < 4.78 is 5.55. The number of fused-ring (bicyclic) bond motifs is 3. The van der Waals surface area contributed by atoms with Crippen LogP contribution in [0.2, 0.25) is 10.0 Å². The largest absolute Gasteiger partial charge is 0.495 e. The van der Waals surface area contributed by atoms with Gasteiger partial charge in [0.15, 0.2) is 0 Å². The molecule has 1 aliphatic carbocycles. The van der Waals surface area contributed by atoms with Crippen LogP contribution < -0.4 is 10.2 Å². The molecule has 0 heterocycles. The van der Waals surface area contributed by atoms with E-state index >= 15 is 0 Å². The van der Waals surface area contributed by atoms with Crippen molar-refractivity contribution in [1.29, 1.82) is 0 Å². The van der Waals surface area contributed by atoms with Crippen LogP contribution in [0.5, 0.6) is 5.75 Å². The molecule has 31 heavy (non-hydrogen) atoms. The van der Waals surface area contributed by atoms with Gasteiger partial charge in [0.1, 0.15) is 5.75 Å². The minimum atomic E-state index is 0.661. The Bertz CT molecular complexity index is 1260. The average molecular weight is 445 g/mol. The summed E-state index contributed by atoms with van der Waals surface area (Å²) in [4.78, 5) is 0. The first-order chi connectivity index (χ1) is 15.1. The summed E-state index contributed by atoms with van der Waals surface area (Å²) in [5.74, 6) is 0.708. The fourth-order valence-corrected chi connectivity index (χ4v) is 4.23. The Morgan fingerprint density at radius 3 is 1.94 bits per heavy atom. The lowest BCUT2D eigenvalue weighted by molar-refractivity contribution is 0.416. The zero-order valence-corrected chi connectivity index (χ0v) is 18.2. The summed E-state index contributed by atoms with van der Waals surface area (Å²) in [7, 11) is 1.65. The van der Waals surface area contributed by atoms with E-state index in [0.29, 0.717) is 15.8 Å². The van der Waals surface area contributed by atoms with E-state index in [9.17, 15) is 0 Å². The third kappa shape index (κ3) is 3.67. The van der Waals surface area contributed by atoms with Gasteiger partial charge in [-0.25, -0.2) is 0 Å². The highest BCUT2D eigenvalue weighted by Crippen LogP contribution is 2.40. The Morgan fingerprint density at radius 1 is 0.677 bits per heavy atom. The van der Waals surface area contributed by atoms with Gasteiger partial charge in [-0.3, -0.25) is 5.43 Å². The summed E-state index contributed by atoms with van der Waals surface area (Å²) in [5.41, 5.74) is 11.1. The maximum Gasteiger partial charge on any atom is 0.143 e. The highest BCUT2D eigenvalue weighted by molar-refractivity contribution is 6.34. The van der Waals surface area contributed by atoms with Crippen molar-refractivity contribution in [3.05, 3.63) is 106 Å². The van der Waals surface area contributed by atoms with Crippen molar-refractivity contribution in [3.63, 3.8) is 0 Å². The van der Waals surface area contributed by atoms with Gasteiger partial charge in [0.2, 0.25) is 0 Å². The van der Waals surface area contributed by atoms with Crippen LogP contribution in [0.25, 0.3) is 22.3 Å². The standard InChI is InChI=1S/C26H18Cl2N2O/c1-31-25-12-7-17(16-5-3-2-4-6-16)13-24(25)29-30-26-22-14-18(27)8-10-20(22)21-11-9-19(28)15-23(21)26/h2-15,29H,1H3. The van der Waals surface area contributed by atoms with E-state index in [-0.39, 0.29) is 0 Å². The monoisotopic (exact) mass is 444 g/mol. The number of hydrogen-bond acceptors (Lipinski definition) is 3. The van der Waals surface area contributed by atoms with E-state index in [1.807, 2.05) is 72.8 Å². The van der Waals surface area contributed by atoms with Crippen molar-refractivity contribution >= 4 is 34.6 Å². The molecule has 1 aliphatic rings. The Morgan fingerprint density at radius 2 is 1.32 bits per heavy atom. The number of anilines is 1. The molecule has 5 heteroatoms. The van der Waals surface area contributed by atoms with Gasteiger partial charge in [-0.2, -0.15) is 5.10 Å². The molecule has 0 saturated carbocycles. The molecular formula is C26H18Cl2N2O. The van der Waals surface area contributed by atoms with E-state index in [1.165, 1.54) is 0 Å². The van der Waals surface area contributed by atoms with Crippen molar-refractivity contribution in [1.82, 2.24) is 0 Å². The van der Waals surface area contributed by atoms with Crippen LogP contribution >= 0.6 is 23.2 Å². The van der Waals surface area contributed by atoms with Crippen LogP contribution in [0.3, 0.4) is 0 Å². The van der Waals surface area contributed by atoms with Crippen molar-refractivity contribution in [2.75, 3.05) is 12.5 Å². The molecule has 4 aromatic carbocycles. The zero-order valence-electron chi connectivity index (χ0n) is 16.7. The number of ether oxygens (including phenoxy) is 1. The topological polar surface area (TPSA) is 33.6 Å². The quantitative estimate of drug-likeness (QED) is 0.291. The molecule has 0 atom stereocenters. The van der Waals surface area contributed by atoms with Crippen LogP contribution in [0.1, 0.15) is 11.1 Å². The molecule has 0 amide bonds. The minimum absolute atomic E-state index is 0.661. The summed E-state index contributed by atoms with van der Waals surface area (Å²) in [6, 6.07) is 27.9. The normalized spacial score (nSPS) is 11.6. The lowest BCUT2D eigenvalue weighted by Crippen LogP contribution is -2.04. The van der Waals surface area contributed by atoms with E-state index < -0.39 is 0 Å². The molecular weight excluding hydrogens is 427 g/mol. The summed E-state index contributed by atoms with van der Waals surface area (Å²) in [5, 5.41) is 6.09. The molecule has 152 valence electrons. The molecule has 0 radical (unpaired) electrons. The van der Waals surface area contributed by atoms with E-state index in [4.69, 9.17) is 33.0 Å². The van der Waals surface area contributed by atoms with Gasteiger partial charge >= 0.3 is 0 Å². The number of rotatable bonds is 4. The summed E-state index contributed by atoms with van der Waals surface area (Å²) in [6.45, 7) is 0. The first-order valence-electron chi connectivity index (χ1n) is 9.81. The van der Waals surface area contributed by atoms with Crippen LogP contribution in [-0.2, 0) is 0 Å². The number of nitrogens with zero attached hydrogens (tertiary/aromatic N) is 1. The van der Waals surface area contributed by atoms with Crippen molar-refractivity contribution < 1.29 is 4.74 Å². The molecule has 0 bridgehead atoms. The Labute approximate surface area is 190 Å². The third-order valence-electron chi connectivity index (χ3n) is 5.36. The van der Waals surface area contributed by atoms with Gasteiger partial charge in [-0.1, -0.05) is 71.7 Å². The predicted octanol–water partition coefficient (Wildman–Crippen LogP) is 7.51. The summed E-state index contributed by atoms with van der Waals surface area (Å²) >= 11 is 12.6. The molecule has 3 nitrogen and oxygen atoms in total. The first kappa shape index (κ1) is 19.7. The van der Waals surface area contributed by atoms with Crippen LogP contribution in [0.4, 0.5) is 5.69 Å². The smallest absolute Gasteiger partial charge is 0.143 e. The Balaban J connectivity index is 1.59. The van der Waals surface area contributed by atoms with Gasteiger partial charge in [-0.15, -0.1) is 0 Å². The first-order valence-corrected chi connectivity index (χ1v) is 10.6. The van der Waals surface area contributed by atoms with E-state index in [0.717, 1.165) is 44.8 Å². The second kappa shape index (κ2) is 8.10. The summed E-state index contributed by atoms with van der Waals surface area (Å²) in [6.07, 6.45) is 0. The van der Waals surface area contributed by atoms with Gasteiger partial charge < -0.3 is 4.74 Å². The molecule has 5 rings (SSSR count). The van der Waals surface area contributed by atoms with Crippen molar-refractivity contribution in [3.8, 4) is 28.0 Å². The second-order valence-corrected chi connectivity index (χ2v) is 8.11. The number of hydrazone groups is 1. The van der Waals surface area contributed by atoms with Crippen LogP contribution in [-0.4, -0.2) is 12.8 Å². The Hall–Kier alpha value is -3.27. The minimum Gasteiger partial charge on any atom is -0.495 e. The zero-order chi connectivity index (χ0) is 21.4. The predicted molar refractivity (Wildman–Crippen MR) is 130 cm³/mol. The molecule has 0 aliphatic heterocycles. The number of nitrogens with one attached hydrogen (secondary N) is 1. The van der Waals surface area contributed by atoms with E-state index in [2.05, 4.69) is 17.6 Å². The lowest BCUT2D eigenvalue weighted by atomic mass is 10.0. The molecule has 0 aromatic heterocycles. The van der Waals surface area contributed by atoms with Crippen LogP contribution in [0.15, 0.2) is 90.0 Å². The van der Waals surface area contributed by atoms with E-state index in [1.54, 1.807) is 7.11 Å². The van der Waals surface area contributed by atoms with Crippen molar-refractivity contribution in [2.45, 2.75) is 0 Å². The van der Waals surface area contributed by atoms with Gasteiger partial charge in [0.05, 0.1) is 18.5 Å².